The zero-order valence-electron chi connectivity index (χ0n) is 16.3. The van der Waals surface area contributed by atoms with Crippen molar-refractivity contribution in [3.05, 3.63) is 53.8 Å². The summed E-state index contributed by atoms with van der Waals surface area (Å²) in [5, 5.41) is 0. The highest BCUT2D eigenvalue weighted by Gasteiger charge is 2.29. The van der Waals surface area contributed by atoms with Crippen LogP contribution in [0.3, 0.4) is 0 Å². The largest absolute Gasteiger partial charge is 0.264 e. The molecule has 0 spiro atoms. The number of hydrogen-bond acceptors (Lipinski definition) is 2. The predicted octanol–water partition coefficient (Wildman–Crippen LogP) is 4.88. The third kappa shape index (κ3) is 5.12. The molecule has 2 rings (SSSR count). The van der Waals surface area contributed by atoms with Crippen molar-refractivity contribution in [2.45, 2.75) is 57.1 Å². The zero-order chi connectivity index (χ0) is 19.4. The maximum Gasteiger partial charge on any atom is 0.264 e. The molecule has 1 heterocycles. The lowest BCUT2D eigenvalue weighted by Crippen LogP contribution is -2.31. The fourth-order valence-corrected chi connectivity index (χ4v) is 4.86. The van der Waals surface area contributed by atoms with Gasteiger partial charge in [-0.05, 0) is 50.3 Å². The summed E-state index contributed by atoms with van der Waals surface area (Å²) >= 11 is 0. The third-order valence-electron chi connectivity index (χ3n) is 4.23. The summed E-state index contributed by atoms with van der Waals surface area (Å²) < 4.78 is 28.2. The van der Waals surface area contributed by atoms with Crippen molar-refractivity contribution in [3.8, 4) is 11.5 Å². The second-order valence-corrected chi connectivity index (χ2v) is 14.4. The van der Waals surface area contributed by atoms with Crippen LogP contribution in [0.2, 0.25) is 19.6 Å². The van der Waals surface area contributed by atoms with Crippen LogP contribution >= 0.6 is 0 Å². The zero-order valence-corrected chi connectivity index (χ0v) is 18.1. The Morgan fingerprint density at radius 1 is 1.19 bits per heavy atom. The lowest BCUT2D eigenvalue weighted by atomic mass is 10.0. The van der Waals surface area contributed by atoms with Gasteiger partial charge in [-0.15, -0.1) is 12.1 Å². The Morgan fingerprint density at radius 3 is 2.42 bits per heavy atom. The molecule has 1 aliphatic rings. The molecule has 0 aromatic heterocycles. The number of allylic oxidation sites excluding steroid dienone is 3. The molecule has 0 bridgehead atoms. The normalized spacial score (nSPS) is 15.9. The molecule has 0 atom stereocenters. The molecule has 0 aliphatic carbocycles. The maximum absolute atomic E-state index is 13.3. The minimum atomic E-state index is -3.62. The second-order valence-electron chi connectivity index (χ2n) is 7.79. The van der Waals surface area contributed by atoms with Gasteiger partial charge >= 0.3 is 0 Å². The first-order chi connectivity index (χ1) is 12.1. The highest BCUT2D eigenvalue weighted by molar-refractivity contribution is 7.89. The standard InChI is InChI=1S/C21H29NO2SSi/c1-6-9-19-10-7-8-16-22(21(19)15-17-26(3,4)5)25(23,24)20-13-11-18(2)12-14-20/h6,11-14H,1,7-10,16H2,2-5H3. The van der Waals surface area contributed by atoms with Crippen LogP contribution in [-0.2, 0) is 10.0 Å². The van der Waals surface area contributed by atoms with E-state index in [9.17, 15) is 8.42 Å². The van der Waals surface area contributed by atoms with Crippen LogP contribution in [0.1, 0.15) is 31.2 Å². The van der Waals surface area contributed by atoms with E-state index < -0.39 is 18.1 Å². The summed E-state index contributed by atoms with van der Waals surface area (Å²) in [5.41, 5.74) is 6.16. The van der Waals surface area contributed by atoms with Gasteiger partial charge in [-0.3, -0.25) is 4.31 Å². The number of rotatable bonds is 4. The summed E-state index contributed by atoms with van der Waals surface area (Å²) in [6, 6.07) is 7.05. The number of hydrogen-bond donors (Lipinski definition) is 0. The molecule has 26 heavy (non-hydrogen) atoms. The first-order valence-corrected chi connectivity index (χ1v) is 14.0. The molecule has 1 aromatic carbocycles. The van der Waals surface area contributed by atoms with Gasteiger partial charge in [0, 0.05) is 6.54 Å². The van der Waals surface area contributed by atoms with Gasteiger partial charge < -0.3 is 0 Å². The molecule has 0 saturated carbocycles. The van der Waals surface area contributed by atoms with Gasteiger partial charge in [0.25, 0.3) is 10.0 Å². The third-order valence-corrected chi connectivity index (χ3v) is 6.92. The van der Waals surface area contributed by atoms with Gasteiger partial charge in [0.15, 0.2) is 0 Å². The van der Waals surface area contributed by atoms with Gasteiger partial charge in [0.05, 0.1) is 4.90 Å². The van der Waals surface area contributed by atoms with E-state index in [4.69, 9.17) is 0 Å². The van der Waals surface area contributed by atoms with E-state index in [-0.39, 0.29) is 0 Å². The monoisotopic (exact) mass is 387 g/mol. The van der Waals surface area contributed by atoms with E-state index in [1.165, 1.54) is 4.31 Å². The molecule has 5 heteroatoms. The van der Waals surface area contributed by atoms with Crippen molar-refractivity contribution in [1.29, 1.82) is 0 Å². The van der Waals surface area contributed by atoms with E-state index in [0.717, 1.165) is 30.4 Å². The molecule has 1 aromatic rings. The van der Waals surface area contributed by atoms with Gasteiger partial charge in [0.2, 0.25) is 0 Å². The number of benzene rings is 1. The molecule has 3 nitrogen and oxygen atoms in total. The van der Waals surface area contributed by atoms with Crippen LogP contribution in [-0.4, -0.2) is 27.3 Å². The number of aryl methyl sites for hydroxylation is 1. The van der Waals surface area contributed by atoms with Crippen molar-refractivity contribution in [2.24, 2.45) is 0 Å². The lowest BCUT2D eigenvalue weighted by molar-refractivity contribution is 0.480. The molecular weight excluding hydrogens is 358 g/mol. The first kappa shape index (κ1) is 20.5. The Kier molecular flexibility index (Phi) is 6.54. The molecule has 140 valence electrons. The second kappa shape index (κ2) is 8.28. The van der Waals surface area contributed by atoms with E-state index in [0.29, 0.717) is 23.6 Å². The van der Waals surface area contributed by atoms with Crippen molar-refractivity contribution in [1.82, 2.24) is 4.31 Å². The summed E-state index contributed by atoms with van der Waals surface area (Å²) in [6.45, 7) is 12.8. The molecule has 0 radical (unpaired) electrons. The van der Waals surface area contributed by atoms with Crippen LogP contribution in [0, 0.1) is 18.4 Å². The first-order valence-electron chi connectivity index (χ1n) is 9.10. The number of sulfonamides is 1. The Balaban J connectivity index is 2.60. The van der Waals surface area contributed by atoms with Crippen LogP contribution in [0.4, 0.5) is 0 Å². The predicted molar refractivity (Wildman–Crippen MR) is 112 cm³/mol. The van der Waals surface area contributed by atoms with Gasteiger partial charge in [0.1, 0.15) is 13.8 Å². The highest BCUT2D eigenvalue weighted by Crippen LogP contribution is 2.29. The number of nitrogens with zero attached hydrogens (tertiary/aromatic N) is 1. The molecule has 0 unspecified atom stereocenters. The molecule has 0 N–H and O–H groups in total. The van der Waals surface area contributed by atoms with Crippen LogP contribution in [0.15, 0.2) is 53.1 Å². The van der Waals surface area contributed by atoms with Crippen molar-refractivity contribution in [2.75, 3.05) is 6.54 Å². The average Bonchev–Trinajstić information content (AvgIpc) is 2.76. The SMILES string of the molecule is C=CCC1=C(C#C[Si](C)(C)C)N(S(=O)(=O)c2ccc(C)cc2)CCCC1. The van der Waals surface area contributed by atoms with Crippen LogP contribution in [0.25, 0.3) is 0 Å². The molecule has 1 aliphatic heterocycles. The van der Waals surface area contributed by atoms with Crippen LogP contribution in [0.5, 0.6) is 0 Å². The minimum absolute atomic E-state index is 0.329. The van der Waals surface area contributed by atoms with E-state index in [1.807, 2.05) is 25.1 Å². The topological polar surface area (TPSA) is 37.4 Å². The average molecular weight is 388 g/mol. The fourth-order valence-electron chi connectivity index (χ4n) is 2.85. The molecular formula is C21H29NO2SSi. The van der Waals surface area contributed by atoms with Gasteiger partial charge in [-0.25, -0.2) is 8.42 Å². The summed E-state index contributed by atoms with van der Waals surface area (Å²) in [6.07, 6.45) is 5.20. The molecule has 0 amide bonds. The highest BCUT2D eigenvalue weighted by atomic mass is 32.2. The van der Waals surface area contributed by atoms with Crippen molar-refractivity contribution >= 4 is 18.1 Å². The van der Waals surface area contributed by atoms with Gasteiger partial charge in [-0.2, -0.15) is 0 Å². The quantitative estimate of drug-likeness (QED) is 0.419. The molecule has 0 fully saturated rings. The van der Waals surface area contributed by atoms with Crippen molar-refractivity contribution in [3.63, 3.8) is 0 Å². The summed E-state index contributed by atoms with van der Waals surface area (Å²) in [4.78, 5) is 0.329. The van der Waals surface area contributed by atoms with Crippen LogP contribution < -0.4 is 0 Å². The van der Waals surface area contributed by atoms with E-state index in [2.05, 4.69) is 37.7 Å². The Hall–Kier alpha value is -1.77. The lowest BCUT2D eigenvalue weighted by Gasteiger charge is -2.25. The van der Waals surface area contributed by atoms with Crippen molar-refractivity contribution < 1.29 is 8.42 Å². The van der Waals surface area contributed by atoms with E-state index in [1.54, 1.807) is 12.1 Å². The Bertz CT molecular complexity index is 850. The molecule has 0 saturated heterocycles. The minimum Gasteiger partial charge on any atom is -0.259 e. The van der Waals surface area contributed by atoms with E-state index >= 15 is 0 Å². The maximum atomic E-state index is 13.3. The summed E-state index contributed by atoms with van der Waals surface area (Å²) in [7, 11) is -5.24. The van der Waals surface area contributed by atoms with Gasteiger partial charge in [-0.1, -0.05) is 49.3 Å². The Morgan fingerprint density at radius 2 is 1.85 bits per heavy atom. The summed E-state index contributed by atoms with van der Waals surface area (Å²) in [5.74, 6) is 3.26. The fraction of sp³-hybridized carbons (Fsp3) is 0.429. The Labute approximate surface area is 159 Å². The smallest absolute Gasteiger partial charge is 0.259 e.